The zero-order valence-electron chi connectivity index (χ0n) is 23.8. The average Bonchev–Trinajstić information content (AvgIpc) is 2.92. The van der Waals surface area contributed by atoms with Gasteiger partial charge in [0, 0.05) is 18.5 Å². The van der Waals surface area contributed by atoms with Crippen molar-refractivity contribution in [3.8, 4) is 18.4 Å². The molecule has 2 atom stereocenters. The first-order chi connectivity index (χ1) is 19.5. The molecule has 10 nitrogen and oxygen atoms in total. The van der Waals surface area contributed by atoms with Crippen LogP contribution < -0.4 is 10.6 Å². The predicted molar refractivity (Wildman–Crippen MR) is 152 cm³/mol. The summed E-state index contributed by atoms with van der Waals surface area (Å²) in [6.07, 6.45) is 4.66. The summed E-state index contributed by atoms with van der Waals surface area (Å²) in [5.41, 5.74) is 0.864. The third-order valence-corrected chi connectivity index (χ3v) is 5.68. The van der Waals surface area contributed by atoms with Gasteiger partial charge in [0.25, 0.3) is 0 Å². The van der Waals surface area contributed by atoms with Crippen molar-refractivity contribution in [1.29, 1.82) is 5.26 Å². The Morgan fingerprint density at radius 1 is 1.05 bits per heavy atom. The van der Waals surface area contributed by atoms with Gasteiger partial charge in [0.05, 0.1) is 19.1 Å². The molecule has 3 amide bonds. The van der Waals surface area contributed by atoms with E-state index in [1.54, 1.807) is 76.2 Å². The van der Waals surface area contributed by atoms with E-state index in [9.17, 15) is 24.4 Å². The largest absolute Gasteiger partial charge is 0.466 e. The molecule has 41 heavy (non-hydrogen) atoms. The van der Waals surface area contributed by atoms with Gasteiger partial charge in [0.15, 0.2) is 0 Å². The molecule has 2 aromatic carbocycles. The van der Waals surface area contributed by atoms with E-state index in [-0.39, 0.29) is 26.0 Å². The van der Waals surface area contributed by atoms with Crippen molar-refractivity contribution < 1.29 is 28.7 Å². The first kappa shape index (κ1) is 32.4. The minimum atomic E-state index is -1.27. The molecule has 0 saturated carbocycles. The third-order valence-electron chi connectivity index (χ3n) is 5.68. The van der Waals surface area contributed by atoms with Gasteiger partial charge in [-0.1, -0.05) is 48.4 Å². The van der Waals surface area contributed by atoms with E-state index in [0.29, 0.717) is 11.1 Å². The van der Waals surface area contributed by atoms with Crippen LogP contribution in [0.1, 0.15) is 56.8 Å². The van der Waals surface area contributed by atoms with Crippen LogP contribution in [0.5, 0.6) is 0 Å². The Labute approximate surface area is 241 Å². The van der Waals surface area contributed by atoms with E-state index in [0.717, 1.165) is 10.5 Å². The van der Waals surface area contributed by atoms with Gasteiger partial charge in [-0.15, -0.1) is 6.42 Å². The first-order valence-corrected chi connectivity index (χ1v) is 13.2. The third kappa shape index (κ3) is 10.7. The smallest absolute Gasteiger partial charge is 0.408 e. The molecule has 0 fully saturated rings. The molecular formula is C31H36N4O6. The number of nitriles is 1. The molecule has 0 radical (unpaired) electrons. The number of rotatable bonds is 12. The lowest BCUT2D eigenvalue weighted by atomic mass is 9.99. The van der Waals surface area contributed by atoms with Crippen LogP contribution in [0, 0.1) is 23.7 Å². The summed E-state index contributed by atoms with van der Waals surface area (Å²) >= 11 is 0. The number of carbonyl (C=O) groups excluding carboxylic acids is 4. The second-order valence-electron chi connectivity index (χ2n) is 10.0. The number of nitrogens with one attached hydrogen (secondary N) is 2. The van der Waals surface area contributed by atoms with Crippen LogP contribution in [0.3, 0.4) is 0 Å². The molecular weight excluding hydrogens is 524 g/mol. The SMILES string of the molecule is C#Cc1ccc(C(C(=O)NCCC(=O)OCC)N(CC#N)C(=O)C(Cc2ccccc2)NC(=O)OC(C)(C)C)cc1. The Bertz CT molecular complexity index is 1270. The van der Waals surface area contributed by atoms with Gasteiger partial charge in [0.1, 0.15) is 24.2 Å². The summed E-state index contributed by atoms with van der Waals surface area (Å²) in [6.45, 7) is 6.45. The fraction of sp³-hybridized carbons (Fsp3) is 0.387. The lowest BCUT2D eigenvalue weighted by molar-refractivity contribution is -0.144. The second kappa shape index (κ2) is 15.7. The number of nitrogens with zero attached hydrogens (tertiary/aromatic N) is 2. The first-order valence-electron chi connectivity index (χ1n) is 13.2. The number of carbonyl (C=O) groups is 4. The summed E-state index contributed by atoms with van der Waals surface area (Å²) in [6, 6.07) is 14.9. The highest BCUT2D eigenvalue weighted by Gasteiger charge is 2.36. The molecule has 2 N–H and O–H groups in total. The number of ether oxygens (including phenoxy) is 2. The minimum Gasteiger partial charge on any atom is -0.466 e. The molecule has 216 valence electrons. The quantitative estimate of drug-likeness (QED) is 0.231. The van der Waals surface area contributed by atoms with Gasteiger partial charge < -0.3 is 25.0 Å². The summed E-state index contributed by atoms with van der Waals surface area (Å²) in [4.78, 5) is 53.2. The van der Waals surface area contributed by atoms with Crippen molar-refractivity contribution in [3.05, 3.63) is 71.3 Å². The van der Waals surface area contributed by atoms with Crippen LogP contribution in [0.4, 0.5) is 4.79 Å². The summed E-state index contributed by atoms with van der Waals surface area (Å²) in [5, 5.41) is 15.0. The molecule has 0 aliphatic carbocycles. The summed E-state index contributed by atoms with van der Waals surface area (Å²) in [7, 11) is 0. The number of terminal acetylenes is 1. The van der Waals surface area contributed by atoms with Gasteiger partial charge in [-0.25, -0.2) is 4.79 Å². The number of hydrogen-bond acceptors (Lipinski definition) is 7. The van der Waals surface area contributed by atoms with E-state index < -0.39 is 48.1 Å². The van der Waals surface area contributed by atoms with Gasteiger partial charge in [0.2, 0.25) is 11.8 Å². The topological polar surface area (TPSA) is 138 Å². The highest BCUT2D eigenvalue weighted by Crippen LogP contribution is 2.24. The van der Waals surface area contributed by atoms with E-state index in [1.807, 2.05) is 12.1 Å². The van der Waals surface area contributed by atoms with Gasteiger partial charge in [-0.05, 0) is 51.0 Å². The molecule has 2 rings (SSSR count). The highest BCUT2D eigenvalue weighted by molar-refractivity contribution is 5.92. The molecule has 0 aliphatic rings. The fourth-order valence-electron chi connectivity index (χ4n) is 3.92. The van der Waals surface area contributed by atoms with E-state index in [4.69, 9.17) is 15.9 Å². The summed E-state index contributed by atoms with van der Waals surface area (Å²) < 4.78 is 10.3. The Morgan fingerprint density at radius 2 is 1.71 bits per heavy atom. The highest BCUT2D eigenvalue weighted by atomic mass is 16.6. The van der Waals surface area contributed by atoms with Gasteiger partial charge in [-0.3, -0.25) is 14.4 Å². The van der Waals surface area contributed by atoms with Crippen LogP contribution >= 0.6 is 0 Å². The van der Waals surface area contributed by atoms with Crippen LogP contribution in [-0.4, -0.2) is 60.1 Å². The molecule has 0 saturated heterocycles. The number of benzene rings is 2. The Balaban J connectivity index is 2.47. The van der Waals surface area contributed by atoms with Crippen LogP contribution in [0.15, 0.2) is 54.6 Å². The monoisotopic (exact) mass is 560 g/mol. The lowest BCUT2D eigenvalue weighted by Crippen LogP contribution is -2.54. The minimum absolute atomic E-state index is 0.0468. The standard InChI is InChI=1S/C31H36N4O6/c1-6-22-13-15-24(16-14-22)27(28(37)33-19-17-26(36)40-7-2)35(20-18-32)29(38)25(21-23-11-9-8-10-12-23)34-30(39)41-31(3,4)5/h1,8-16,25,27H,7,17,19-21H2,2-5H3,(H,33,37)(H,34,39). The maximum absolute atomic E-state index is 14.1. The van der Waals surface area contributed by atoms with Crippen molar-refractivity contribution in [3.63, 3.8) is 0 Å². The van der Waals surface area contributed by atoms with Crippen molar-refractivity contribution in [2.75, 3.05) is 19.7 Å². The molecule has 0 aromatic heterocycles. The van der Waals surface area contributed by atoms with Crippen molar-refractivity contribution in [2.45, 2.75) is 58.2 Å². The van der Waals surface area contributed by atoms with Crippen molar-refractivity contribution in [1.82, 2.24) is 15.5 Å². The molecule has 0 spiro atoms. The molecule has 0 heterocycles. The van der Waals surface area contributed by atoms with E-state index >= 15 is 0 Å². The normalized spacial score (nSPS) is 12.0. The summed E-state index contributed by atoms with van der Waals surface area (Å²) in [5.74, 6) is 0.713. The zero-order chi connectivity index (χ0) is 30.4. The van der Waals surface area contributed by atoms with Crippen LogP contribution in [0.2, 0.25) is 0 Å². The van der Waals surface area contributed by atoms with Crippen molar-refractivity contribution >= 4 is 23.9 Å². The maximum Gasteiger partial charge on any atom is 0.408 e. The Morgan fingerprint density at radius 3 is 2.27 bits per heavy atom. The van der Waals surface area contributed by atoms with E-state index in [2.05, 4.69) is 16.6 Å². The number of amides is 3. The second-order valence-corrected chi connectivity index (χ2v) is 10.0. The van der Waals surface area contributed by atoms with Crippen molar-refractivity contribution in [2.24, 2.45) is 0 Å². The van der Waals surface area contributed by atoms with Gasteiger partial charge in [-0.2, -0.15) is 5.26 Å². The molecule has 10 heteroatoms. The maximum atomic E-state index is 14.1. The molecule has 2 aromatic rings. The van der Waals surface area contributed by atoms with Crippen LogP contribution in [0.25, 0.3) is 0 Å². The number of alkyl carbamates (subject to hydrolysis) is 1. The van der Waals surface area contributed by atoms with Crippen LogP contribution in [-0.2, 0) is 30.3 Å². The average molecular weight is 561 g/mol. The number of hydrogen-bond donors (Lipinski definition) is 2. The predicted octanol–water partition coefficient (Wildman–Crippen LogP) is 3.27. The Hall–Kier alpha value is -4.83. The number of esters is 1. The van der Waals surface area contributed by atoms with Gasteiger partial charge >= 0.3 is 12.1 Å². The zero-order valence-corrected chi connectivity index (χ0v) is 23.8. The fourth-order valence-corrected chi connectivity index (χ4v) is 3.92. The lowest BCUT2D eigenvalue weighted by Gasteiger charge is -2.33. The molecule has 0 bridgehead atoms. The van der Waals surface area contributed by atoms with E-state index in [1.165, 1.54) is 0 Å². The Kier molecular flexibility index (Phi) is 12.4. The molecule has 2 unspecified atom stereocenters. The molecule has 0 aliphatic heterocycles.